The molecular weight excluding hydrogens is 898 g/mol. The first-order valence-corrected chi connectivity index (χ1v) is 28.5. The molecule has 0 saturated heterocycles. The van der Waals surface area contributed by atoms with Gasteiger partial charge in [-0.1, -0.05) is 174 Å². The molecular formula is C47H90O17P2. The molecule has 0 spiro atoms. The highest BCUT2D eigenvalue weighted by Crippen LogP contribution is 2.49. The minimum Gasteiger partial charge on any atom is -0.466 e. The molecule has 1 saturated carbocycles. The van der Waals surface area contributed by atoms with Gasteiger partial charge in [-0.2, -0.15) is 0 Å². The number of unbranched alkanes of at least 4 members (excludes halogenated alkanes) is 26. The maximum absolute atomic E-state index is 13.0. The lowest BCUT2D eigenvalue weighted by Crippen LogP contribution is -2.64. The predicted octanol–water partition coefficient (Wildman–Crippen LogP) is 9.36. The summed E-state index contributed by atoms with van der Waals surface area (Å²) in [5.41, 5.74) is 0. The number of phosphoric acid groups is 2. The van der Waals surface area contributed by atoms with Gasteiger partial charge < -0.3 is 44.6 Å². The molecule has 0 amide bonds. The van der Waals surface area contributed by atoms with Crippen LogP contribution in [0.25, 0.3) is 0 Å². The molecule has 0 aromatic rings. The van der Waals surface area contributed by atoms with Crippen molar-refractivity contribution < 1.29 is 81.7 Å². The van der Waals surface area contributed by atoms with Crippen LogP contribution in [0, 0.1) is 0 Å². The lowest BCUT2D eigenvalue weighted by Gasteiger charge is -2.43. The van der Waals surface area contributed by atoms with Gasteiger partial charge in [0.25, 0.3) is 0 Å². The number of phosphoric ester groups is 2. The molecule has 66 heavy (non-hydrogen) atoms. The van der Waals surface area contributed by atoms with E-state index in [1.807, 2.05) is 6.92 Å². The Labute approximate surface area is 395 Å². The summed E-state index contributed by atoms with van der Waals surface area (Å²) in [6.45, 7) is 3.52. The predicted molar refractivity (Wildman–Crippen MR) is 251 cm³/mol. The number of ether oxygens (including phenoxy) is 2. The van der Waals surface area contributed by atoms with Crippen LogP contribution in [0.5, 0.6) is 0 Å². The zero-order valence-corrected chi connectivity index (χ0v) is 42.2. The summed E-state index contributed by atoms with van der Waals surface area (Å²) in [5, 5.41) is 41.3. The zero-order valence-electron chi connectivity index (χ0n) is 40.4. The Bertz CT molecular complexity index is 1350. The van der Waals surface area contributed by atoms with Crippen molar-refractivity contribution in [3.63, 3.8) is 0 Å². The monoisotopic (exact) mass is 989 g/mol. The van der Waals surface area contributed by atoms with Crippen molar-refractivity contribution in [3.05, 3.63) is 0 Å². The fourth-order valence-corrected chi connectivity index (χ4v) is 9.71. The maximum Gasteiger partial charge on any atom is 0.472 e. The quantitative estimate of drug-likeness (QED) is 0.0170. The van der Waals surface area contributed by atoms with E-state index < -0.39 is 83.3 Å². The van der Waals surface area contributed by atoms with Crippen LogP contribution < -0.4 is 0 Å². The molecule has 0 aromatic carbocycles. The van der Waals surface area contributed by atoms with Gasteiger partial charge >= 0.3 is 27.6 Å². The van der Waals surface area contributed by atoms with Crippen molar-refractivity contribution in [2.45, 2.75) is 268 Å². The molecule has 17 nitrogen and oxygen atoms in total. The largest absolute Gasteiger partial charge is 0.472 e. The number of hydrogen-bond acceptors (Lipinski definition) is 14. The molecule has 7 N–H and O–H groups in total. The Morgan fingerprint density at radius 2 is 0.879 bits per heavy atom. The minimum absolute atomic E-state index is 0.0309. The van der Waals surface area contributed by atoms with Crippen LogP contribution in [0.3, 0.4) is 0 Å². The van der Waals surface area contributed by atoms with E-state index in [1.165, 1.54) is 103 Å². The molecule has 0 heterocycles. The summed E-state index contributed by atoms with van der Waals surface area (Å²) >= 11 is 0. The molecule has 0 bridgehead atoms. The van der Waals surface area contributed by atoms with Gasteiger partial charge in [-0.15, -0.1) is 0 Å². The summed E-state index contributed by atoms with van der Waals surface area (Å²) in [6, 6.07) is 0. The highest BCUT2D eigenvalue weighted by atomic mass is 31.2. The van der Waals surface area contributed by atoms with E-state index >= 15 is 0 Å². The Hall–Kier alpha value is -1.33. The number of esters is 2. The normalized spacial score (nSPS) is 21.3. The average molecular weight is 989 g/mol. The SMILES string of the molecule is CCCCCCCCCCCCCCCC(=O)O[C@@H](COP(=O)(O)OC1C(O)[C@H](O)C(O)[C@H](OP(=O)(O)O)[C@@H]1O)CC(=O)OCCCCCCCCCCCCCCCCCC(=O)CCC. The summed E-state index contributed by atoms with van der Waals surface area (Å²) in [6.07, 6.45) is 18.3. The van der Waals surface area contributed by atoms with Crippen molar-refractivity contribution in [2.24, 2.45) is 0 Å². The van der Waals surface area contributed by atoms with E-state index in [4.69, 9.17) is 18.5 Å². The van der Waals surface area contributed by atoms with Crippen LogP contribution in [-0.2, 0) is 46.6 Å². The van der Waals surface area contributed by atoms with Gasteiger partial charge in [-0.3, -0.25) is 28.0 Å². The number of aliphatic hydroxyl groups excluding tert-OH is 4. The van der Waals surface area contributed by atoms with E-state index in [0.717, 1.165) is 77.0 Å². The molecule has 0 radical (unpaired) electrons. The second-order valence-electron chi connectivity index (χ2n) is 18.2. The first-order valence-electron chi connectivity index (χ1n) is 25.5. The fraction of sp³-hybridized carbons (Fsp3) is 0.936. The van der Waals surface area contributed by atoms with Crippen LogP contribution in [0.4, 0.5) is 0 Å². The van der Waals surface area contributed by atoms with E-state index in [9.17, 15) is 58.6 Å². The standard InChI is InChI=1S/C47H90O17P2/c1-3-5-6-7-8-9-10-14-18-21-24-27-30-34-40(49)62-39(37-61-66(58,59)64-47-44(53)42(51)43(52)46(45(47)54)63-65(55,56)57)36-41(50)60-35-31-28-25-22-19-16-13-11-12-15-17-20-23-26-29-33-38(48)32-4-2/h39,42-47,51-54H,3-37H2,1-2H3,(H,58,59)(H2,55,56,57)/t39-,42-,43?,44?,45+,46+,47?/m1/s1. The first-order chi connectivity index (χ1) is 31.5. The summed E-state index contributed by atoms with van der Waals surface area (Å²) in [5.74, 6) is -1.01. The molecule has 19 heteroatoms. The third-order valence-electron chi connectivity index (χ3n) is 12.1. The first kappa shape index (κ1) is 62.7. The number of carbonyl (C=O) groups is 3. The van der Waals surface area contributed by atoms with Crippen LogP contribution in [0.15, 0.2) is 0 Å². The highest BCUT2D eigenvalue weighted by molar-refractivity contribution is 7.47. The zero-order chi connectivity index (χ0) is 49.1. The highest BCUT2D eigenvalue weighted by Gasteiger charge is 2.54. The number of Topliss-reactive ketones (excluding diaryl/α,β-unsaturated/α-hetero) is 1. The molecule has 4 unspecified atom stereocenters. The van der Waals surface area contributed by atoms with E-state index in [1.54, 1.807) is 0 Å². The maximum atomic E-state index is 13.0. The molecule has 390 valence electrons. The number of hydrogen-bond donors (Lipinski definition) is 7. The fourth-order valence-electron chi connectivity index (χ4n) is 8.17. The van der Waals surface area contributed by atoms with E-state index in [0.29, 0.717) is 25.0 Å². The molecule has 1 fully saturated rings. The Morgan fingerprint density at radius 3 is 1.32 bits per heavy atom. The van der Waals surface area contributed by atoms with Crippen molar-refractivity contribution in [1.29, 1.82) is 0 Å². The van der Waals surface area contributed by atoms with Crippen molar-refractivity contribution in [2.75, 3.05) is 13.2 Å². The Morgan fingerprint density at radius 1 is 0.470 bits per heavy atom. The van der Waals surface area contributed by atoms with Gasteiger partial charge in [0.15, 0.2) is 0 Å². The van der Waals surface area contributed by atoms with Gasteiger partial charge in [-0.25, -0.2) is 9.13 Å². The number of aliphatic hydroxyl groups is 4. The second kappa shape index (κ2) is 38.4. The lowest BCUT2D eigenvalue weighted by atomic mass is 9.85. The minimum atomic E-state index is -5.37. The van der Waals surface area contributed by atoms with Gasteiger partial charge in [-0.05, 0) is 25.7 Å². The van der Waals surface area contributed by atoms with E-state index in [-0.39, 0.29) is 13.0 Å². The smallest absolute Gasteiger partial charge is 0.466 e. The van der Waals surface area contributed by atoms with Crippen molar-refractivity contribution in [3.8, 4) is 0 Å². The molecule has 0 aromatic heterocycles. The van der Waals surface area contributed by atoms with Crippen LogP contribution in [0.2, 0.25) is 0 Å². The van der Waals surface area contributed by atoms with Crippen LogP contribution >= 0.6 is 15.6 Å². The summed E-state index contributed by atoms with van der Waals surface area (Å²) in [7, 11) is -10.7. The summed E-state index contributed by atoms with van der Waals surface area (Å²) < 4.78 is 49.4. The van der Waals surface area contributed by atoms with Crippen molar-refractivity contribution in [1.82, 2.24) is 0 Å². The Balaban J connectivity index is 2.50. The Kier molecular flexibility index (Phi) is 36.5. The lowest BCUT2D eigenvalue weighted by molar-refractivity contribution is -0.216. The summed E-state index contributed by atoms with van der Waals surface area (Å²) in [4.78, 5) is 66.1. The van der Waals surface area contributed by atoms with Gasteiger partial charge in [0.1, 0.15) is 48.5 Å². The van der Waals surface area contributed by atoms with Gasteiger partial charge in [0, 0.05) is 19.3 Å². The molecule has 0 aliphatic heterocycles. The molecule has 1 aliphatic rings. The van der Waals surface area contributed by atoms with E-state index in [2.05, 4.69) is 11.4 Å². The third-order valence-corrected chi connectivity index (χ3v) is 13.6. The molecule has 1 rings (SSSR count). The molecule has 8 atom stereocenters. The second-order valence-corrected chi connectivity index (χ2v) is 20.8. The van der Waals surface area contributed by atoms with Crippen LogP contribution in [0.1, 0.15) is 226 Å². The van der Waals surface area contributed by atoms with Crippen molar-refractivity contribution >= 4 is 33.4 Å². The van der Waals surface area contributed by atoms with Crippen LogP contribution in [-0.4, -0.2) is 109 Å². The third kappa shape index (κ3) is 32.5. The average Bonchev–Trinajstić information content (AvgIpc) is 3.26. The number of carbonyl (C=O) groups excluding carboxylic acids is 3. The number of rotatable bonds is 44. The van der Waals surface area contributed by atoms with Gasteiger partial charge in [0.2, 0.25) is 0 Å². The number of ketones is 1. The topological polar surface area (TPSA) is 273 Å². The molecule has 1 aliphatic carbocycles. The van der Waals surface area contributed by atoms with Gasteiger partial charge in [0.05, 0.1) is 19.6 Å².